The van der Waals surface area contributed by atoms with Gasteiger partial charge in [-0.2, -0.15) is 0 Å². The molecule has 1 unspecified atom stereocenters. The van der Waals surface area contributed by atoms with Crippen molar-refractivity contribution in [3.8, 4) is 0 Å². The first kappa shape index (κ1) is 15.0. The molecule has 1 fully saturated rings. The van der Waals surface area contributed by atoms with E-state index < -0.39 is 0 Å². The molecule has 4 N–H and O–H groups in total. The summed E-state index contributed by atoms with van der Waals surface area (Å²) in [6.07, 6.45) is 3.26. The fraction of sp³-hybridized carbons (Fsp3) is 1.00. The van der Waals surface area contributed by atoms with Gasteiger partial charge in [0.05, 0.1) is 0 Å². The summed E-state index contributed by atoms with van der Waals surface area (Å²) in [5, 5.41) is 0. The summed E-state index contributed by atoms with van der Waals surface area (Å²) in [7, 11) is 0. The average Bonchev–Trinajstić information content (AvgIpc) is 1.81. The van der Waals surface area contributed by atoms with Crippen LogP contribution in [0.15, 0.2) is 0 Å². The van der Waals surface area contributed by atoms with Crippen molar-refractivity contribution < 1.29 is 0 Å². The molecule has 0 aliphatic heterocycles. The Bertz CT molecular complexity index is 128. The second-order valence-corrected chi connectivity index (χ2v) is 3.94. The van der Waals surface area contributed by atoms with Crippen molar-refractivity contribution in [3.63, 3.8) is 0 Å². The number of hydrogen-bond acceptors (Lipinski definition) is 2. The minimum atomic E-state index is 0. The first-order chi connectivity index (χ1) is 4.52. The van der Waals surface area contributed by atoms with Crippen LogP contribution in [-0.4, -0.2) is 11.6 Å². The molecule has 3 atom stereocenters. The molecule has 1 saturated carbocycles. The lowest BCUT2D eigenvalue weighted by Gasteiger charge is -2.38. The van der Waals surface area contributed by atoms with Gasteiger partial charge in [-0.05, 0) is 32.1 Å². The topological polar surface area (TPSA) is 52.0 Å². The summed E-state index contributed by atoms with van der Waals surface area (Å²) in [6, 6.07) is 0.395. The van der Waals surface area contributed by atoms with Gasteiger partial charge in [0, 0.05) is 11.6 Å². The molecule has 76 valence electrons. The van der Waals surface area contributed by atoms with Gasteiger partial charge in [-0.1, -0.05) is 6.92 Å². The Morgan fingerprint density at radius 1 is 1.33 bits per heavy atom. The van der Waals surface area contributed by atoms with Crippen LogP contribution < -0.4 is 11.5 Å². The summed E-state index contributed by atoms with van der Waals surface area (Å²) in [4.78, 5) is 0. The maximum Gasteiger partial charge on any atom is 0.0152 e. The molecule has 4 heteroatoms. The molecule has 1 rings (SSSR count). The summed E-state index contributed by atoms with van der Waals surface area (Å²) >= 11 is 0. The standard InChI is InChI=1S/C8H18N2.2ClH/c1-6-5-7(9)3-4-8(6,2)10;;/h6-7H,3-5,9-10H2,1-2H3;2*1H/t6-,7?,8-;;/m1../s1. The molecule has 0 spiro atoms. The van der Waals surface area contributed by atoms with Crippen LogP contribution in [0.1, 0.15) is 33.1 Å². The maximum absolute atomic E-state index is 6.03. The minimum Gasteiger partial charge on any atom is -0.328 e. The van der Waals surface area contributed by atoms with Crippen LogP contribution in [0.4, 0.5) is 0 Å². The molecule has 0 bridgehead atoms. The van der Waals surface area contributed by atoms with E-state index in [0.717, 1.165) is 19.3 Å². The van der Waals surface area contributed by atoms with Crippen molar-refractivity contribution in [2.45, 2.75) is 44.7 Å². The van der Waals surface area contributed by atoms with Crippen LogP contribution in [0, 0.1) is 5.92 Å². The Morgan fingerprint density at radius 2 is 1.83 bits per heavy atom. The third-order valence-corrected chi connectivity index (χ3v) is 2.84. The highest BCUT2D eigenvalue weighted by Crippen LogP contribution is 2.30. The number of halogens is 2. The molecule has 1 aliphatic rings. The summed E-state index contributed by atoms with van der Waals surface area (Å²) in [5.41, 5.74) is 11.9. The molecule has 12 heavy (non-hydrogen) atoms. The van der Waals surface area contributed by atoms with Crippen LogP contribution in [0.2, 0.25) is 0 Å². The van der Waals surface area contributed by atoms with Crippen LogP contribution in [0.25, 0.3) is 0 Å². The van der Waals surface area contributed by atoms with E-state index in [4.69, 9.17) is 11.5 Å². The second-order valence-electron chi connectivity index (χ2n) is 3.94. The SMILES string of the molecule is C[C@@H]1CC(N)CC[C@@]1(C)N.Cl.Cl. The predicted molar refractivity (Wildman–Crippen MR) is 58.1 cm³/mol. The Kier molecular flexibility index (Phi) is 6.59. The zero-order chi connectivity index (χ0) is 7.78. The summed E-state index contributed by atoms with van der Waals surface area (Å²) in [5.74, 6) is 0.580. The molecule has 0 aromatic rings. The normalized spacial score (nSPS) is 41.0. The number of nitrogens with two attached hydrogens (primary N) is 2. The van der Waals surface area contributed by atoms with E-state index in [2.05, 4.69) is 13.8 Å². The zero-order valence-corrected chi connectivity index (χ0v) is 9.38. The van der Waals surface area contributed by atoms with Crippen molar-refractivity contribution >= 4 is 24.8 Å². The molecule has 0 saturated heterocycles. The van der Waals surface area contributed by atoms with E-state index in [0.29, 0.717) is 12.0 Å². The van der Waals surface area contributed by atoms with Gasteiger partial charge in [0.15, 0.2) is 0 Å². The Morgan fingerprint density at radius 3 is 2.17 bits per heavy atom. The van der Waals surface area contributed by atoms with E-state index in [1.54, 1.807) is 0 Å². The lowest BCUT2D eigenvalue weighted by atomic mass is 9.74. The Balaban J connectivity index is 0. The molecule has 0 aromatic heterocycles. The second kappa shape index (κ2) is 5.28. The fourth-order valence-electron chi connectivity index (χ4n) is 1.58. The molecule has 0 aromatic carbocycles. The van der Waals surface area contributed by atoms with Gasteiger partial charge >= 0.3 is 0 Å². The highest BCUT2D eigenvalue weighted by atomic mass is 35.5. The highest BCUT2D eigenvalue weighted by Gasteiger charge is 2.32. The molecule has 2 nitrogen and oxygen atoms in total. The predicted octanol–water partition coefficient (Wildman–Crippen LogP) is 1.69. The maximum atomic E-state index is 6.03. The molecule has 0 heterocycles. The van der Waals surface area contributed by atoms with Crippen LogP contribution in [0.3, 0.4) is 0 Å². The van der Waals surface area contributed by atoms with Crippen LogP contribution >= 0.6 is 24.8 Å². The first-order valence-electron chi connectivity index (χ1n) is 4.07. The molecule has 1 aliphatic carbocycles. The van der Waals surface area contributed by atoms with Crippen LogP contribution in [0.5, 0.6) is 0 Å². The quantitative estimate of drug-likeness (QED) is 0.646. The largest absolute Gasteiger partial charge is 0.328 e. The first-order valence-corrected chi connectivity index (χ1v) is 4.07. The number of rotatable bonds is 0. The zero-order valence-electron chi connectivity index (χ0n) is 7.75. The van der Waals surface area contributed by atoms with Gasteiger partial charge in [-0.3, -0.25) is 0 Å². The van der Waals surface area contributed by atoms with E-state index in [1.165, 1.54) is 0 Å². The Hall–Kier alpha value is 0.500. The van der Waals surface area contributed by atoms with Gasteiger partial charge in [0.25, 0.3) is 0 Å². The van der Waals surface area contributed by atoms with Gasteiger partial charge in [-0.15, -0.1) is 24.8 Å². The average molecular weight is 215 g/mol. The van der Waals surface area contributed by atoms with Crippen molar-refractivity contribution in [2.75, 3.05) is 0 Å². The third kappa shape index (κ3) is 3.48. The lowest BCUT2D eigenvalue weighted by Crippen LogP contribution is -2.49. The molecule has 0 amide bonds. The molecule has 0 radical (unpaired) electrons. The van der Waals surface area contributed by atoms with Gasteiger partial charge < -0.3 is 11.5 Å². The molecular formula is C8H20Cl2N2. The summed E-state index contributed by atoms with van der Waals surface area (Å²) in [6.45, 7) is 4.32. The van der Waals surface area contributed by atoms with E-state index >= 15 is 0 Å². The monoisotopic (exact) mass is 214 g/mol. The van der Waals surface area contributed by atoms with Gasteiger partial charge in [0.2, 0.25) is 0 Å². The van der Waals surface area contributed by atoms with E-state index in [9.17, 15) is 0 Å². The van der Waals surface area contributed by atoms with E-state index in [1.807, 2.05) is 0 Å². The minimum absolute atomic E-state index is 0. The lowest BCUT2D eigenvalue weighted by molar-refractivity contribution is 0.206. The van der Waals surface area contributed by atoms with Crippen molar-refractivity contribution in [1.82, 2.24) is 0 Å². The Labute approximate surface area is 87.3 Å². The highest BCUT2D eigenvalue weighted by molar-refractivity contribution is 5.85. The van der Waals surface area contributed by atoms with Crippen molar-refractivity contribution in [1.29, 1.82) is 0 Å². The van der Waals surface area contributed by atoms with Crippen molar-refractivity contribution in [2.24, 2.45) is 17.4 Å². The van der Waals surface area contributed by atoms with Crippen molar-refractivity contribution in [3.05, 3.63) is 0 Å². The van der Waals surface area contributed by atoms with E-state index in [-0.39, 0.29) is 30.4 Å². The van der Waals surface area contributed by atoms with Gasteiger partial charge in [0.1, 0.15) is 0 Å². The molecular weight excluding hydrogens is 195 g/mol. The number of hydrogen-bond donors (Lipinski definition) is 2. The summed E-state index contributed by atoms with van der Waals surface area (Å²) < 4.78 is 0. The van der Waals surface area contributed by atoms with Crippen LogP contribution in [-0.2, 0) is 0 Å². The smallest absolute Gasteiger partial charge is 0.0152 e. The fourth-order valence-corrected chi connectivity index (χ4v) is 1.58. The van der Waals surface area contributed by atoms with Gasteiger partial charge in [-0.25, -0.2) is 0 Å². The third-order valence-electron chi connectivity index (χ3n) is 2.84.